The van der Waals surface area contributed by atoms with Gasteiger partial charge in [-0.3, -0.25) is 4.98 Å². The molecular formula is C12H18N2O2. The summed E-state index contributed by atoms with van der Waals surface area (Å²) in [5.41, 5.74) is 7.00. The van der Waals surface area contributed by atoms with Crippen LogP contribution in [0.1, 0.15) is 24.6 Å². The highest BCUT2D eigenvalue weighted by Gasteiger charge is 2.22. The molecule has 2 rings (SSSR count). The molecule has 1 aliphatic heterocycles. The highest BCUT2D eigenvalue weighted by molar-refractivity contribution is 5.29. The van der Waals surface area contributed by atoms with E-state index >= 15 is 0 Å². The second-order valence-corrected chi connectivity index (χ2v) is 4.16. The van der Waals surface area contributed by atoms with Gasteiger partial charge >= 0.3 is 0 Å². The van der Waals surface area contributed by atoms with Crippen molar-refractivity contribution in [1.29, 1.82) is 0 Å². The van der Waals surface area contributed by atoms with E-state index in [0.29, 0.717) is 5.92 Å². The smallest absolute Gasteiger partial charge is 0.141 e. The summed E-state index contributed by atoms with van der Waals surface area (Å²) in [4.78, 5) is 4.30. The first kappa shape index (κ1) is 11.4. The van der Waals surface area contributed by atoms with E-state index in [1.54, 1.807) is 13.3 Å². The molecule has 0 spiro atoms. The number of pyridine rings is 1. The monoisotopic (exact) mass is 222 g/mol. The molecule has 0 aliphatic carbocycles. The Labute approximate surface area is 95.8 Å². The van der Waals surface area contributed by atoms with E-state index in [4.69, 9.17) is 15.2 Å². The Balaban J connectivity index is 2.04. The lowest BCUT2D eigenvalue weighted by Crippen LogP contribution is -2.17. The van der Waals surface area contributed by atoms with Crippen molar-refractivity contribution in [3.8, 4) is 5.75 Å². The molecule has 0 aromatic carbocycles. The zero-order chi connectivity index (χ0) is 11.4. The second-order valence-electron chi connectivity index (χ2n) is 4.16. The average molecular weight is 222 g/mol. The highest BCUT2D eigenvalue weighted by Crippen LogP contribution is 2.28. The number of nitrogens with two attached hydrogens (primary N) is 1. The van der Waals surface area contributed by atoms with Crippen molar-refractivity contribution in [2.75, 3.05) is 20.3 Å². The minimum absolute atomic E-state index is 0.0668. The maximum atomic E-state index is 6.15. The molecule has 1 fully saturated rings. The second kappa shape index (κ2) is 5.27. The van der Waals surface area contributed by atoms with Crippen LogP contribution in [0.4, 0.5) is 0 Å². The van der Waals surface area contributed by atoms with Crippen LogP contribution in [0.25, 0.3) is 0 Å². The van der Waals surface area contributed by atoms with Gasteiger partial charge in [0.15, 0.2) is 0 Å². The fourth-order valence-corrected chi connectivity index (χ4v) is 2.09. The molecule has 0 radical (unpaired) electrons. The van der Waals surface area contributed by atoms with Crippen molar-refractivity contribution in [2.24, 2.45) is 11.7 Å². The number of aromatic nitrogens is 1. The van der Waals surface area contributed by atoms with Crippen LogP contribution in [0, 0.1) is 5.92 Å². The number of hydrogen-bond acceptors (Lipinski definition) is 4. The van der Waals surface area contributed by atoms with Gasteiger partial charge in [-0.05, 0) is 30.9 Å². The summed E-state index contributed by atoms with van der Waals surface area (Å²) in [6.45, 7) is 1.68. The molecule has 0 bridgehead atoms. The lowest BCUT2D eigenvalue weighted by Gasteiger charge is -2.17. The summed E-state index contributed by atoms with van der Waals surface area (Å²) < 4.78 is 10.6. The molecule has 1 aromatic heterocycles. The Kier molecular flexibility index (Phi) is 3.74. The van der Waals surface area contributed by atoms with Gasteiger partial charge in [0.2, 0.25) is 0 Å². The Morgan fingerprint density at radius 2 is 2.56 bits per heavy atom. The molecule has 0 amide bonds. The molecule has 2 atom stereocenters. The quantitative estimate of drug-likeness (QED) is 0.839. The van der Waals surface area contributed by atoms with Crippen LogP contribution in [0.2, 0.25) is 0 Å². The Hall–Kier alpha value is -1.13. The summed E-state index contributed by atoms with van der Waals surface area (Å²) in [6, 6.07) is 3.68. The molecule has 2 N–H and O–H groups in total. The third kappa shape index (κ3) is 2.51. The topological polar surface area (TPSA) is 57.4 Å². The molecule has 16 heavy (non-hydrogen) atoms. The predicted octanol–water partition coefficient (Wildman–Crippen LogP) is 1.52. The van der Waals surface area contributed by atoms with Gasteiger partial charge in [-0.2, -0.15) is 0 Å². The van der Waals surface area contributed by atoms with E-state index in [0.717, 1.165) is 37.5 Å². The van der Waals surface area contributed by atoms with Crippen molar-refractivity contribution >= 4 is 0 Å². The third-order valence-corrected chi connectivity index (χ3v) is 2.98. The summed E-state index contributed by atoms with van der Waals surface area (Å²) in [5, 5.41) is 0. The fourth-order valence-electron chi connectivity index (χ4n) is 2.09. The number of methoxy groups -OCH3 is 1. The van der Waals surface area contributed by atoms with E-state index in [2.05, 4.69) is 4.98 Å². The standard InChI is InChI=1S/C12H18N2O2/c1-15-11-3-2-5-14-12(11)10(13)7-9-4-6-16-8-9/h2-3,5,9-10H,4,6-8,13H2,1H3. The first-order valence-corrected chi connectivity index (χ1v) is 5.63. The maximum absolute atomic E-state index is 6.15. The van der Waals surface area contributed by atoms with E-state index in [-0.39, 0.29) is 6.04 Å². The molecule has 4 nitrogen and oxygen atoms in total. The molecule has 1 aliphatic rings. The van der Waals surface area contributed by atoms with Crippen LogP contribution in [-0.2, 0) is 4.74 Å². The van der Waals surface area contributed by atoms with Gasteiger partial charge in [-0.1, -0.05) is 0 Å². The Morgan fingerprint density at radius 1 is 1.69 bits per heavy atom. The van der Waals surface area contributed by atoms with Gasteiger partial charge in [0.25, 0.3) is 0 Å². The van der Waals surface area contributed by atoms with Crippen LogP contribution in [0.5, 0.6) is 5.75 Å². The average Bonchev–Trinajstić information content (AvgIpc) is 2.81. The molecule has 4 heteroatoms. The van der Waals surface area contributed by atoms with Gasteiger partial charge in [-0.15, -0.1) is 0 Å². The predicted molar refractivity (Wildman–Crippen MR) is 61.3 cm³/mol. The van der Waals surface area contributed by atoms with Crippen molar-refractivity contribution in [3.63, 3.8) is 0 Å². The molecule has 88 valence electrons. The summed E-state index contributed by atoms with van der Waals surface area (Å²) in [5.74, 6) is 1.33. The third-order valence-electron chi connectivity index (χ3n) is 2.98. The Morgan fingerprint density at radius 3 is 3.25 bits per heavy atom. The molecule has 2 unspecified atom stereocenters. The first-order valence-electron chi connectivity index (χ1n) is 5.63. The first-order chi connectivity index (χ1) is 7.81. The summed E-state index contributed by atoms with van der Waals surface area (Å²) in [7, 11) is 1.64. The molecule has 2 heterocycles. The number of hydrogen-bond donors (Lipinski definition) is 1. The van der Waals surface area contributed by atoms with Gasteiger partial charge in [0.1, 0.15) is 5.75 Å². The lowest BCUT2D eigenvalue weighted by atomic mass is 9.97. The molecular weight excluding hydrogens is 204 g/mol. The normalized spacial score (nSPS) is 22.0. The van der Waals surface area contributed by atoms with E-state index < -0.39 is 0 Å². The number of rotatable bonds is 4. The summed E-state index contributed by atoms with van der Waals surface area (Å²) in [6.07, 6.45) is 3.76. The summed E-state index contributed by atoms with van der Waals surface area (Å²) >= 11 is 0. The minimum atomic E-state index is -0.0668. The molecule has 1 saturated heterocycles. The van der Waals surface area contributed by atoms with Crippen LogP contribution in [-0.4, -0.2) is 25.3 Å². The largest absolute Gasteiger partial charge is 0.495 e. The zero-order valence-electron chi connectivity index (χ0n) is 9.56. The zero-order valence-corrected chi connectivity index (χ0v) is 9.56. The van der Waals surface area contributed by atoms with Crippen molar-refractivity contribution in [3.05, 3.63) is 24.0 Å². The van der Waals surface area contributed by atoms with Crippen LogP contribution >= 0.6 is 0 Å². The Bertz CT molecular complexity index is 338. The van der Waals surface area contributed by atoms with E-state index in [1.807, 2.05) is 12.1 Å². The maximum Gasteiger partial charge on any atom is 0.141 e. The van der Waals surface area contributed by atoms with Gasteiger partial charge in [0.05, 0.1) is 18.8 Å². The van der Waals surface area contributed by atoms with Gasteiger partial charge < -0.3 is 15.2 Å². The number of nitrogens with zero attached hydrogens (tertiary/aromatic N) is 1. The number of ether oxygens (including phenoxy) is 2. The molecule has 1 aromatic rings. The minimum Gasteiger partial charge on any atom is -0.495 e. The van der Waals surface area contributed by atoms with Crippen LogP contribution in [0.3, 0.4) is 0 Å². The van der Waals surface area contributed by atoms with Crippen molar-refractivity contribution in [1.82, 2.24) is 4.98 Å². The highest BCUT2D eigenvalue weighted by atomic mass is 16.5. The lowest BCUT2D eigenvalue weighted by molar-refractivity contribution is 0.182. The van der Waals surface area contributed by atoms with Crippen molar-refractivity contribution < 1.29 is 9.47 Å². The van der Waals surface area contributed by atoms with E-state index in [1.165, 1.54) is 0 Å². The van der Waals surface area contributed by atoms with Crippen LogP contribution < -0.4 is 10.5 Å². The molecule has 0 saturated carbocycles. The van der Waals surface area contributed by atoms with Gasteiger partial charge in [-0.25, -0.2) is 0 Å². The van der Waals surface area contributed by atoms with Gasteiger partial charge in [0, 0.05) is 19.4 Å². The van der Waals surface area contributed by atoms with Crippen LogP contribution in [0.15, 0.2) is 18.3 Å². The van der Waals surface area contributed by atoms with Crippen molar-refractivity contribution in [2.45, 2.75) is 18.9 Å². The fraction of sp³-hybridized carbons (Fsp3) is 0.583. The van der Waals surface area contributed by atoms with E-state index in [9.17, 15) is 0 Å². The SMILES string of the molecule is COc1cccnc1C(N)CC1CCOC1.